The second-order valence-electron chi connectivity index (χ2n) is 6.50. The summed E-state index contributed by atoms with van der Waals surface area (Å²) in [6.45, 7) is 0.841. The molecule has 0 radical (unpaired) electrons. The van der Waals surface area contributed by atoms with Gasteiger partial charge in [-0.3, -0.25) is 9.79 Å². The fourth-order valence-electron chi connectivity index (χ4n) is 3.49. The van der Waals surface area contributed by atoms with Crippen molar-refractivity contribution < 1.29 is 4.79 Å². The first kappa shape index (κ1) is 18.6. The largest absolute Gasteiger partial charge is 0.316 e. The molecule has 0 unspecified atom stereocenters. The summed E-state index contributed by atoms with van der Waals surface area (Å²) in [5.74, 6) is 1.76. The van der Waals surface area contributed by atoms with Crippen molar-refractivity contribution in [1.82, 2.24) is 0 Å². The Morgan fingerprint density at radius 2 is 2.22 bits per heavy atom. The second-order valence-corrected chi connectivity index (χ2v) is 9.91. The predicted molar refractivity (Wildman–Crippen MR) is 116 cm³/mol. The molecule has 0 bridgehead atoms. The maximum absolute atomic E-state index is 12.3. The lowest BCUT2D eigenvalue weighted by Crippen LogP contribution is -2.14. The van der Waals surface area contributed by atoms with Crippen molar-refractivity contribution in [2.24, 2.45) is 4.99 Å². The van der Waals surface area contributed by atoms with Gasteiger partial charge in [0.05, 0.1) is 17.9 Å². The highest BCUT2D eigenvalue weighted by atomic mass is 32.2. The number of rotatable bonds is 4. The number of hydrogen-bond donors (Lipinski definition) is 1. The molecule has 1 aliphatic heterocycles. The molecule has 2 aliphatic rings. The van der Waals surface area contributed by atoms with Gasteiger partial charge in [0.2, 0.25) is 5.91 Å². The first-order valence-corrected chi connectivity index (χ1v) is 11.7. The minimum atomic E-state index is -0.0649. The summed E-state index contributed by atoms with van der Waals surface area (Å²) in [5.41, 5.74) is 3.15. The molecule has 0 saturated carbocycles. The average molecular weight is 414 g/mol. The molecule has 1 atom stereocenters. The number of fused-ring (bicyclic) bond motifs is 1. The van der Waals surface area contributed by atoms with Crippen LogP contribution in [0.2, 0.25) is 0 Å². The number of thiophene rings is 1. The summed E-state index contributed by atoms with van der Waals surface area (Å²) in [4.78, 5) is 17.9. The smallest absolute Gasteiger partial charge is 0.235 e. The molecule has 0 fully saturated rings. The zero-order valence-electron chi connectivity index (χ0n) is 14.7. The van der Waals surface area contributed by atoms with Gasteiger partial charge in [0, 0.05) is 10.6 Å². The van der Waals surface area contributed by atoms with Crippen molar-refractivity contribution in [2.45, 2.75) is 25.2 Å². The van der Waals surface area contributed by atoms with Gasteiger partial charge in [0.25, 0.3) is 0 Å². The first-order chi connectivity index (χ1) is 13.2. The highest BCUT2D eigenvalue weighted by Gasteiger charge is 2.27. The Bertz CT molecular complexity index is 915. The van der Waals surface area contributed by atoms with Crippen molar-refractivity contribution in [2.75, 3.05) is 23.4 Å². The molecule has 138 valence electrons. The van der Waals surface area contributed by atoms with Crippen LogP contribution in [0.25, 0.3) is 0 Å². The number of anilines is 1. The van der Waals surface area contributed by atoms with Crippen LogP contribution in [0.3, 0.4) is 0 Å². The number of carbonyl (C=O) groups excluding carboxylic acids is 1. The van der Waals surface area contributed by atoms with Gasteiger partial charge in [-0.05, 0) is 36.3 Å². The highest BCUT2D eigenvalue weighted by Crippen LogP contribution is 2.42. The number of benzene rings is 1. The summed E-state index contributed by atoms with van der Waals surface area (Å²) in [6.07, 6.45) is 2.88. The van der Waals surface area contributed by atoms with E-state index in [1.807, 2.05) is 6.07 Å². The Kier molecular flexibility index (Phi) is 5.86. The average Bonchev–Trinajstić information content (AvgIpc) is 3.33. The Labute approximate surface area is 171 Å². The number of nitrogens with one attached hydrogen (secondary N) is 1. The van der Waals surface area contributed by atoms with Crippen LogP contribution in [0.15, 0.2) is 35.3 Å². The zero-order chi connectivity index (χ0) is 18.6. The van der Waals surface area contributed by atoms with Gasteiger partial charge < -0.3 is 5.32 Å². The summed E-state index contributed by atoms with van der Waals surface area (Å²) in [7, 11) is 0. The molecule has 1 aromatic carbocycles. The summed E-state index contributed by atoms with van der Waals surface area (Å²) >= 11 is 4.75. The molecule has 2 aromatic rings. The van der Waals surface area contributed by atoms with Gasteiger partial charge >= 0.3 is 0 Å². The van der Waals surface area contributed by atoms with Crippen molar-refractivity contribution in [3.05, 3.63) is 51.9 Å². The molecule has 1 aromatic heterocycles. The number of nitrogens with zero attached hydrogens (tertiary/aromatic N) is 2. The van der Waals surface area contributed by atoms with Gasteiger partial charge in [-0.15, -0.1) is 11.3 Å². The van der Waals surface area contributed by atoms with Crippen molar-refractivity contribution >= 4 is 50.1 Å². The van der Waals surface area contributed by atoms with E-state index in [0.29, 0.717) is 22.2 Å². The molecule has 1 N–H and O–H groups in total. The molecule has 0 saturated heterocycles. The third-order valence-corrected chi connectivity index (χ3v) is 8.21. The molecular weight excluding hydrogens is 394 g/mol. The molecule has 4 rings (SSSR count). The Hall–Kier alpha value is -1.75. The quantitative estimate of drug-likeness (QED) is 0.791. The zero-order valence-corrected chi connectivity index (χ0v) is 17.2. The van der Waals surface area contributed by atoms with Crippen LogP contribution in [0.1, 0.15) is 33.9 Å². The van der Waals surface area contributed by atoms with E-state index in [0.717, 1.165) is 41.5 Å². The van der Waals surface area contributed by atoms with Crippen LogP contribution >= 0.6 is 34.9 Å². The van der Waals surface area contributed by atoms with Gasteiger partial charge in [-0.1, -0.05) is 53.9 Å². The predicted octanol–water partition coefficient (Wildman–Crippen LogP) is 4.67. The molecule has 1 aliphatic carbocycles. The molecule has 27 heavy (non-hydrogen) atoms. The van der Waals surface area contributed by atoms with Gasteiger partial charge in [0.1, 0.15) is 15.4 Å². The van der Waals surface area contributed by atoms with Gasteiger partial charge in [-0.2, -0.15) is 5.26 Å². The van der Waals surface area contributed by atoms with Gasteiger partial charge in [0.15, 0.2) is 0 Å². The minimum absolute atomic E-state index is 0.0649. The highest BCUT2D eigenvalue weighted by molar-refractivity contribution is 8.39. The topological polar surface area (TPSA) is 65.2 Å². The molecule has 2 heterocycles. The van der Waals surface area contributed by atoms with E-state index in [1.54, 1.807) is 23.1 Å². The summed E-state index contributed by atoms with van der Waals surface area (Å²) in [5, 5.41) is 13.3. The minimum Gasteiger partial charge on any atom is -0.316 e. The molecule has 4 nitrogen and oxygen atoms in total. The number of carbonyl (C=O) groups is 1. The van der Waals surface area contributed by atoms with Crippen molar-refractivity contribution in [1.29, 1.82) is 5.26 Å². The van der Waals surface area contributed by atoms with Crippen LogP contribution in [0.5, 0.6) is 0 Å². The van der Waals surface area contributed by atoms with Crippen LogP contribution in [0.4, 0.5) is 5.00 Å². The van der Waals surface area contributed by atoms with Crippen molar-refractivity contribution in [3.63, 3.8) is 0 Å². The van der Waals surface area contributed by atoms with Crippen molar-refractivity contribution in [3.8, 4) is 6.07 Å². The van der Waals surface area contributed by atoms with E-state index in [2.05, 4.69) is 40.6 Å². The molecule has 0 spiro atoms. The van der Waals surface area contributed by atoms with Crippen LogP contribution < -0.4 is 5.32 Å². The lowest BCUT2D eigenvalue weighted by atomic mass is 9.83. The van der Waals surface area contributed by atoms with Crippen LogP contribution in [0, 0.1) is 11.3 Å². The van der Waals surface area contributed by atoms with E-state index >= 15 is 0 Å². The van der Waals surface area contributed by atoms with E-state index in [4.69, 9.17) is 0 Å². The summed E-state index contributed by atoms with van der Waals surface area (Å²) in [6, 6.07) is 12.9. The number of aliphatic imine (C=N–C) groups is 1. The normalized spacial score (nSPS) is 18.5. The number of nitriles is 1. The first-order valence-electron chi connectivity index (χ1n) is 8.94. The number of thioether (sulfide) groups is 2. The third kappa shape index (κ3) is 4.23. The standard InChI is InChI=1S/C20H19N3OS3/c21-11-16-15-7-6-14(13-4-2-1-3-5-13)10-17(15)27-19(16)23-18(24)12-26-20-22-8-9-25-20/h1-5,14H,6-10,12H2,(H,23,24)/t14-/m1/s1. The molecular formula is C20H19N3OS3. The fraction of sp³-hybridized carbons (Fsp3) is 0.350. The lowest BCUT2D eigenvalue weighted by Gasteiger charge is -2.22. The van der Waals surface area contributed by atoms with E-state index in [1.165, 1.54) is 22.2 Å². The third-order valence-electron chi connectivity index (χ3n) is 4.79. The lowest BCUT2D eigenvalue weighted by molar-refractivity contribution is -0.113. The van der Waals surface area contributed by atoms with Crippen LogP contribution in [-0.2, 0) is 17.6 Å². The fourth-order valence-corrected chi connectivity index (χ4v) is 6.60. The van der Waals surface area contributed by atoms with Crippen LogP contribution in [-0.4, -0.2) is 28.3 Å². The molecule has 1 amide bonds. The Morgan fingerprint density at radius 3 is 2.96 bits per heavy atom. The number of hydrogen-bond acceptors (Lipinski definition) is 6. The number of amides is 1. The second kappa shape index (κ2) is 8.51. The van der Waals surface area contributed by atoms with E-state index in [9.17, 15) is 10.1 Å². The van der Waals surface area contributed by atoms with E-state index < -0.39 is 0 Å². The summed E-state index contributed by atoms with van der Waals surface area (Å²) < 4.78 is 0.988. The maximum Gasteiger partial charge on any atom is 0.235 e. The Morgan fingerprint density at radius 1 is 1.37 bits per heavy atom. The van der Waals surface area contributed by atoms with Gasteiger partial charge in [-0.25, -0.2) is 0 Å². The molecule has 7 heteroatoms. The monoisotopic (exact) mass is 413 g/mol. The SMILES string of the molecule is N#Cc1c(NC(=O)CSC2=NCCS2)sc2c1CC[C@@H](c1ccccc1)C2. The maximum atomic E-state index is 12.3. The Balaban J connectivity index is 1.46. The van der Waals surface area contributed by atoms with E-state index in [-0.39, 0.29) is 5.91 Å².